The first kappa shape index (κ1) is 19.1. The summed E-state index contributed by atoms with van der Waals surface area (Å²) >= 11 is 0. The zero-order valence-electron chi connectivity index (χ0n) is 16.0. The van der Waals surface area contributed by atoms with Crippen LogP contribution < -0.4 is 0 Å². The minimum Gasteiger partial charge on any atom is -0.445 e. The summed E-state index contributed by atoms with van der Waals surface area (Å²) in [7, 11) is -3.75. The molecule has 0 unspecified atom stereocenters. The van der Waals surface area contributed by atoms with E-state index in [0.717, 1.165) is 41.3 Å². The summed E-state index contributed by atoms with van der Waals surface area (Å²) in [5.41, 5.74) is 2.41. The highest BCUT2D eigenvalue weighted by atomic mass is 32.2. The maximum absolute atomic E-state index is 12.2. The minimum atomic E-state index is -3.75. The number of hydrogen-bond donors (Lipinski definition) is 0. The van der Waals surface area contributed by atoms with Gasteiger partial charge in [0.1, 0.15) is 11.5 Å². The van der Waals surface area contributed by atoms with E-state index in [1.54, 1.807) is 25.1 Å². The van der Waals surface area contributed by atoms with Gasteiger partial charge in [0, 0.05) is 11.0 Å². The third kappa shape index (κ3) is 3.58. The Kier molecular flexibility index (Phi) is 5.26. The molecule has 1 saturated carbocycles. The van der Waals surface area contributed by atoms with Crippen molar-refractivity contribution in [1.29, 1.82) is 0 Å². The first-order chi connectivity index (χ1) is 12.3. The molecule has 1 aliphatic rings. The van der Waals surface area contributed by atoms with Crippen molar-refractivity contribution in [1.82, 2.24) is 4.98 Å². The lowest BCUT2D eigenvalue weighted by molar-refractivity contribution is 0.254. The maximum atomic E-state index is 12.2. The lowest BCUT2D eigenvalue weighted by Gasteiger charge is -2.30. The fraction of sp³-hybridized carbons (Fsp3) is 0.550. The molecule has 2 aromatic rings. The lowest BCUT2D eigenvalue weighted by atomic mass is 9.75. The summed E-state index contributed by atoms with van der Waals surface area (Å²) < 4.78 is 35.5. The van der Waals surface area contributed by atoms with Gasteiger partial charge in [-0.25, -0.2) is 4.98 Å². The van der Waals surface area contributed by atoms with E-state index in [0.29, 0.717) is 0 Å². The average Bonchev–Trinajstić information content (AvgIpc) is 2.98. The zero-order chi connectivity index (χ0) is 18.9. The van der Waals surface area contributed by atoms with Crippen LogP contribution in [-0.2, 0) is 19.7 Å². The quantitative estimate of drug-likeness (QED) is 0.693. The normalized spacial score (nSPS) is 17.4. The lowest BCUT2D eigenvalue weighted by Crippen LogP contribution is -2.25. The van der Waals surface area contributed by atoms with Gasteiger partial charge in [-0.05, 0) is 51.3 Å². The van der Waals surface area contributed by atoms with Crippen molar-refractivity contribution in [2.75, 3.05) is 6.61 Å². The first-order valence-electron chi connectivity index (χ1n) is 9.25. The van der Waals surface area contributed by atoms with E-state index in [4.69, 9.17) is 13.6 Å². The highest BCUT2D eigenvalue weighted by molar-refractivity contribution is 7.86. The molecule has 0 N–H and O–H groups in total. The Hall–Kier alpha value is -1.66. The first-order valence-corrected chi connectivity index (χ1v) is 10.7. The molecule has 0 saturated heterocycles. The Bertz CT molecular complexity index is 893. The average molecular weight is 378 g/mol. The summed E-state index contributed by atoms with van der Waals surface area (Å²) in [5, 5.41) is 0. The van der Waals surface area contributed by atoms with Crippen LogP contribution >= 0.6 is 0 Å². The van der Waals surface area contributed by atoms with E-state index in [9.17, 15) is 8.42 Å². The molecule has 0 spiro atoms. The number of aromatic nitrogens is 1. The smallest absolute Gasteiger partial charge is 0.296 e. The van der Waals surface area contributed by atoms with E-state index >= 15 is 0 Å². The molecule has 1 heterocycles. The molecule has 1 aromatic heterocycles. The van der Waals surface area contributed by atoms with Gasteiger partial charge >= 0.3 is 0 Å². The van der Waals surface area contributed by atoms with Crippen LogP contribution in [0.5, 0.6) is 0 Å². The van der Waals surface area contributed by atoms with Crippen molar-refractivity contribution in [2.24, 2.45) is 0 Å². The molecule has 0 radical (unpaired) electrons. The Morgan fingerprint density at radius 1 is 1.19 bits per heavy atom. The summed E-state index contributed by atoms with van der Waals surface area (Å²) in [6.45, 7) is 7.82. The summed E-state index contributed by atoms with van der Waals surface area (Å²) in [5.74, 6) is 1.49. The molecule has 0 aliphatic heterocycles. The third-order valence-corrected chi connectivity index (χ3v) is 6.67. The highest BCUT2D eigenvalue weighted by Crippen LogP contribution is 2.40. The molecular formula is C20H27NO4S. The Morgan fingerprint density at radius 3 is 2.54 bits per heavy atom. The van der Waals surface area contributed by atoms with Crippen LogP contribution in [0.3, 0.4) is 0 Å². The zero-order valence-corrected chi connectivity index (χ0v) is 16.8. The second-order valence-electron chi connectivity index (χ2n) is 7.38. The molecule has 1 fully saturated rings. The molecule has 0 atom stereocenters. The molecule has 1 aliphatic carbocycles. The molecule has 26 heavy (non-hydrogen) atoms. The number of oxazole rings is 1. The largest absolute Gasteiger partial charge is 0.445 e. The fourth-order valence-electron chi connectivity index (χ4n) is 3.69. The van der Waals surface area contributed by atoms with Crippen LogP contribution in [0, 0.1) is 13.8 Å². The van der Waals surface area contributed by atoms with Gasteiger partial charge in [0.25, 0.3) is 10.1 Å². The van der Waals surface area contributed by atoms with Crippen LogP contribution in [0.4, 0.5) is 0 Å². The number of rotatable bonds is 5. The number of benzene rings is 1. The summed E-state index contributed by atoms with van der Waals surface area (Å²) in [6, 6.07) is 5.00. The van der Waals surface area contributed by atoms with Gasteiger partial charge in [-0.1, -0.05) is 32.3 Å². The molecule has 0 amide bonds. The Morgan fingerprint density at radius 2 is 1.88 bits per heavy atom. The van der Waals surface area contributed by atoms with E-state index < -0.39 is 10.1 Å². The van der Waals surface area contributed by atoms with Crippen molar-refractivity contribution < 1.29 is 17.0 Å². The van der Waals surface area contributed by atoms with Gasteiger partial charge in [-0.3, -0.25) is 4.18 Å². The van der Waals surface area contributed by atoms with E-state index in [2.05, 4.69) is 6.92 Å². The summed E-state index contributed by atoms with van der Waals surface area (Å²) in [6.07, 6.45) is 5.79. The van der Waals surface area contributed by atoms with E-state index in [1.807, 2.05) is 13.8 Å². The standard InChI is InChI=1S/C20H27NO4S/c1-5-24-26(22,23)16-10-9-14(2)17(13-16)18-15(3)25-19(21-18)20(4)11-7-6-8-12-20/h9-10,13H,5-8,11-12H2,1-4H3. The van der Waals surface area contributed by atoms with Gasteiger partial charge in [0.2, 0.25) is 5.89 Å². The Balaban J connectivity index is 2.04. The van der Waals surface area contributed by atoms with Crippen LogP contribution in [-0.4, -0.2) is 20.0 Å². The maximum Gasteiger partial charge on any atom is 0.296 e. The molecule has 0 bridgehead atoms. The van der Waals surface area contributed by atoms with Gasteiger partial charge in [0.05, 0.1) is 11.5 Å². The molecule has 3 rings (SSSR count). The molecule has 1 aromatic carbocycles. The predicted octanol–water partition coefficient (Wildman–Crippen LogP) is 4.91. The van der Waals surface area contributed by atoms with Crippen molar-refractivity contribution in [2.45, 2.75) is 70.1 Å². The monoisotopic (exact) mass is 377 g/mol. The van der Waals surface area contributed by atoms with Crippen LogP contribution in [0.15, 0.2) is 27.5 Å². The van der Waals surface area contributed by atoms with E-state index in [1.165, 1.54) is 19.3 Å². The molecule has 6 heteroatoms. The molecule has 142 valence electrons. The fourth-order valence-corrected chi connectivity index (χ4v) is 4.63. The van der Waals surface area contributed by atoms with Gasteiger partial charge in [-0.15, -0.1) is 0 Å². The minimum absolute atomic E-state index is 0.0375. The number of hydrogen-bond acceptors (Lipinski definition) is 5. The Labute approximate surface area is 155 Å². The van der Waals surface area contributed by atoms with Crippen molar-refractivity contribution in [3.63, 3.8) is 0 Å². The number of nitrogens with zero attached hydrogens (tertiary/aromatic N) is 1. The van der Waals surface area contributed by atoms with Gasteiger partial charge in [0.15, 0.2) is 0 Å². The van der Waals surface area contributed by atoms with E-state index in [-0.39, 0.29) is 16.9 Å². The third-order valence-electron chi connectivity index (χ3n) is 5.30. The second kappa shape index (κ2) is 7.16. The topological polar surface area (TPSA) is 69.4 Å². The molecule has 5 nitrogen and oxygen atoms in total. The predicted molar refractivity (Wildman–Crippen MR) is 101 cm³/mol. The van der Waals surface area contributed by atoms with Crippen molar-refractivity contribution >= 4 is 10.1 Å². The number of aryl methyl sites for hydroxylation is 2. The highest BCUT2D eigenvalue weighted by Gasteiger charge is 2.34. The SMILES string of the molecule is CCOS(=O)(=O)c1ccc(C)c(-c2nc(C3(C)CCCCC3)oc2C)c1. The molecular weight excluding hydrogens is 350 g/mol. The summed E-state index contributed by atoms with van der Waals surface area (Å²) in [4.78, 5) is 4.95. The second-order valence-corrected chi connectivity index (χ2v) is 9.00. The van der Waals surface area contributed by atoms with Crippen LogP contribution in [0.2, 0.25) is 0 Å². The van der Waals surface area contributed by atoms with Gasteiger partial charge < -0.3 is 4.42 Å². The van der Waals surface area contributed by atoms with Crippen molar-refractivity contribution in [3.8, 4) is 11.3 Å². The van der Waals surface area contributed by atoms with Crippen LogP contribution in [0.1, 0.15) is 63.2 Å². The van der Waals surface area contributed by atoms with Crippen LogP contribution in [0.25, 0.3) is 11.3 Å². The van der Waals surface area contributed by atoms with Crippen molar-refractivity contribution in [3.05, 3.63) is 35.4 Å². The van der Waals surface area contributed by atoms with Gasteiger partial charge in [-0.2, -0.15) is 8.42 Å².